The lowest BCUT2D eigenvalue weighted by atomic mass is 10.1. The molecule has 1 rings (SSSR count). The number of nitrogens with two attached hydrogens (primary N) is 1. The van der Waals surface area contributed by atoms with Crippen LogP contribution in [0.4, 0.5) is 0 Å². The molecule has 5 nitrogen and oxygen atoms in total. The number of allylic oxidation sites excluding steroid dienone is 1. The van der Waals surface area contributed by atoms with Crippen molar-refractivity contribution in [3.63, 3.8) is 0 Å². The highest BCUT2D eigenvalue weighted by Gasteiger charge is 2.15. The minimum absolute atomic E-state index is 0.0391. The molecule has 0 aliphatic rings. The molecule has 1 aromatic heterocycles. The van der Waals surface area contributed by atoms with Gasteiger partial charge in [-0.05, 0) is 12.1 Å². The molecule has 0 aliphatic carbocycles. The Labute approximate surface area is 86.0 Å². The molecule has 0 bridgehead atoms. The van der Waals surface area contributed by atoms with Gasteiger partial charge >= 0.3 is 0 Å². The molecule has 0 amide bonds. The lowest BCUT2D eigenvalue weighted by molar-refractivity contribution is -0.114. The second-order valence-corrected chi connectivity index (χ2v) is 2.64. The number of furan rings is 1. The molecule has 0 radical (unpaired) electrons. The van der Waals surface area contributed by atoms with Crippen molar-refractivity contribution in [2.24, 2.45) is 5.73 Å². The van der Waals surface area contributed by atoms with E-state index in [1.807, 2.05) is 0 Å². The quantitative estimate of drug-likeness (QED) is 0.579. The van der Waals surface area contributed by atoms with Crippen LogP contribution in [0.1, 0.15) is 12.2 Å². The molecule has 74 valence electrons. The first-order valence-corrected chi connectivity index (χ1v) is 4.04. The average Bonchev–Trinajstić information content (AvgIpc) is 2.71. The normalized spacial score (nSPS) is 11.1. The van der Waals surface area contributed by atoms with Crippen LogP contribution in [-0.4, -0.2) is 5.78 Å². The summed E-state index contributed by atoms with van der Waals surface area (Å²) in [6.45, 7) is 0. The Balaban J connectivity index is 3.12. The highest BCUT2D eigenvalue weighted by Crippen LogP contribution is 2.15. The Kier molecular flexibility index (Phi) is 3.26. The Hall–Kier alpha value is -2.53. The van der Waals surface area contributed by atoms with E-state index in [0.29, 0.717) is 0 Å². The molecular weight excluding hydrogens is 194 g/mol. The molecule has 1 heterocycles. The number of carbonyl (C=O) groups excluding carboxylic acids is 1. The molecule has 0 saturated carbocycles. The van der Waals surface area contributed by atoms with Crippen molar-refractivity contribution in [3.8, 4) is 12.1 Å². The standard InChI is InChI=1S/C10H7N3O2/c11-4-3-8(14)7(6-12)10(13)9-2-1-5-15-9/h1-2,5H,3,13H2/b10-7-. The fourth-order valence-electron chi connectivity index (χ4n) is 0.988. The summed E-state index contributed by atoms with van der Waals surface area (Å²) in [5.41, 5.74) is 5.28. The van der Waals surface area contributed by atoms with E-state index in [1.54, 1.807) is 18.2 Å². The van der Waals surface area contributed by atoms with Gasteiger partial charge in [-0.3, -0.25) is 4.79 Å². The van der Waals surface area contributed by atoms with Gasteiger partial charge < -0.3 is 10.2 Å². The van der Waals surface area contributed by atoms with Gasteiger partial charge in [0.15, 0.2) is 11.5 Å². The van der Waals surface area contributed by atoms with Gasteiger partial charge in [0.25, 0.3) is 0 Å². The average molecular weight is 201 g/mol. The zero-order valence-electron chi connectivity index (χ0n) is 7.73. The first-order chi connectivity index (χ1) is 7.20. The highest BCUT2D eigenvalue weighted by atomic mass is 16.3. The van der Waals surface area contributed by atoms with Crippen molar-refractivity contribution < 1.29 is 9.21 Å². The van der Waals surface area contributed by atoms with Crippen molar-refractivity contribution in [2.75, 3.05) is 0 Å². The van der Waals surface area contributed by atoms with Gasteiger partial charge in [-0.25, -0.2) is 0 Å². The molecule has 2 N–H and O–H groups in total. The molecular formula is C10H7N3O2. The third-order valence-corrected chi connectivity index (χ3v) is 1.69. The molecule has 1 aromatic rings. The molecule has 15 heavy (non-hydrogen) atoms. The van der Waals surface area contributed by atoms with Gasteiger partial charge in [-0.1, -0.05) is 0 Å². The molecule has 0 unspecified atom stereocenters. The van der Waals surface area contributed by atoms with E-state index in [2.05, 4.69) is 0 Å². The SMILES string of the molecule is N#CCC(=O)/C(C#N)=C(\N)c1ccco1. The van der Waals surface area contributed by atoms with E-state index in [4.69, 9.17) is 20.7 Å². The third kappa shape index (κ3) is 2.23. The maximum absolute atomic E-state index is 11.3. The molecule has 0 atom stereocenters. The lowest BCUT2D eigenvalue weighted by Crippen LogP contribution is -2.08. The summed E-state index contributed by atoms with van der Waals surface area (Å²) in [6, 6.07) is 6.45. The summed E-state index contributed by atoms with van der Waals surface area (Å²) in [5.74, 6) is -0.355. The van der Waals surface area contributed by atoms with Crippen molar-refractivity contribution in [3.05, 3.63) is 29.7 Å². The summed E-state index contributed by atoms with van der Waals surface area (Å²) >= 11 is 0. The number of hydrogen-bond acceptors (Lipinski definition) is 5. The van der Waals surface area contributed by atoms with Crippen LogP contribution in [0.5, 0.6) is 0 Å². The topological polar surface area (TPSA) is 104 Å². The van der Waals surface area contributed by atoms with E-state index in [0.717, 1.165) is 0 Å². The summed E-state index contributed by atoms with van der Waals surface area (Å²) < 4.78 is 4.94. The molecule has 5 heteroatoms. The van der Waals surface area contributed by atoms with E-state index in [-0.39, 0.29) is 23.5 Å². The minimum Gasteiger partial charge on any atom is -0.463 e. The number of nitrogens with zero attached hydrogens (tertiary/aromatic N) is 2. The van der Waals surface area contributed by atoms with Crippen LogP contribution in [0.3, 0.4) is 0 Å². The van der Waals surface area contributed by atoms with Crippen LogP contribution in [0.15, 0.2) is 28.4 Å². The van der Waals surface area contributed by atoms with E-state index >= 15 is 0 Å². The minimum atomic E-state index is -0.603. The van der Waals surface area contributed by atoms with Gasteiger partial charge in [-0.15, -0.1) is 0 Å². The first-order valence-electron chi connectivity index (χ1n) is 4.04. The van der Waals surface area contributed by atoms with E-state index < -0.39 is 5.78 Å². The molecule has 0 aliphatic heterocycles. The van der Waals surface area contributed by atoms with E-state index in [9.17, 15) is 4.79 Å². The maximum atomic E-state index is 11.3. The predicted molar refractivity (Wildman–Crippen MR) is 50.7 cm³/mol. The van der Waals surface area contributed by atoms with Gasteiger partial charge in [0.1, 0.15) is 11.6 Å². The number of rotatable bonds is 3. The van der Waals surface area contributed by atoms with Crippen LogP contribution in [0.2, 0.25) is 0 Å². The van der Waals surface area contributed by atoms with Crippen LogP contribution >= 0.6 is 0 Å². The molecule has 0 fully saturated rings. The van der Waals surface area contributed by atoms with Gasteiger partial charge in [0, 0.05) is 0 Å². The summed E-state index contributed by atoms with van der Waals surface area (Å²) in [4.78, 5) is 11.3. The number of Topliss-reactive ketones (excluding diaryl/α,β-unsaturated/α-hetero) is 1. The Morgan fingerprint density at radius 1 is 1.53 bits per heavy atom. The van der Waals surface area contributed by atoms with Gasteiger partial charge in [0.2, 0.25) is 0 Å². The van der Waals surface area contributed by atoms with E-state index in [1.165, 1.54) is 12.3 Å². The van der Waals surface area contributed by atoms with Crippen LogP contribution in [-0.2, 0) is 4.79 Å². The van der Waals surface area contributed by atoms with Crippen LogP contribution < -0.4 is 5.73 Å². The smallest absolute Gasteiger partial charge is 0.189 e. The monoisotopic (exact) mass is 201 g/mol. The van der Waals surface area contributed by atoms with Gasteiger partial charge in [0.05, 0.1) is 24.5 Å². The number of carbonyl (C=O) groups is 1. The third-order valence-electron chi connectivity index (χ3n) is 1.69. The summed E-state index contributed by atoms with van der Waals surface area (Å²) in [7, 11) is 0. The van der Waals surface area contributed by atoms with Crippen molar-refractivity contribution >= 4 is 11.5 Å². The lowest BCUT2D eigenvalue weighted by Gasteiger charge is -1.99. The van der Waals surface area contributed by atoms with Crippen molar-refractivity contribution in [1.82, 2.24) is 0 Å². The zero-order valence-corrected chi connectivity index (χ0v) is 7.73. The highest BCUT2D eigenvalue weighted by molar-refractivity contribution is 6.06. The zero-order chi connectivity index (χ0) is 11.3. The molecule has 0 spiro atoms. The molecule has 0 saturated heterocycles. The number of ketones is 1. The van der Waals surface area contributed by atoms with Crippen LogP contribution in [0.25, 0.3) is 5.70 Å². The Morgan fingerprint density at radius 2 is 2.27 bits per heavy atom. The van der Waals surface area contributed by atoms with Crippen LogP contribution in [0, 0.1) is 22.7 Å². The van der Waals surface area contributed by atoms with Gasteiger partial charge in [-0.2, -0.15) is 10.5 Å². The largest absolute Gasteiger partial charge is 0.463 e. The summed E-state index contributed by atoms with van der Waals surface area (Å²) in [5, 5.41) is 17.1. The number of hydrogen-bond donors (Lipinski definition) is 1. The first kappa shape index (κ1) is 10.6. The fraction of sp³-hybridized carbons (Fsp3) is 0.100. The second-order valence-electron chi connectivity index (χ2n) is 2.64. The predicted octanol–water partition coefficient (Wildman–Crippen LogP) is 0.956. The Bertz CT molecular complexity index is 472. The van der Waals surface area contributed by atoms with Crippen molar-refractivity contribution in [2.45, 2.75) is 6.42 Å². The number of nitriles is 2. The molecule has 0 aromatic carbocycles. The summed E-state index contributed by atoms with van der Waals surface area (Å²) in [6.07, 6.45) is 1.01. The Morgan fingerprint density at radius 3 is 2.73 bits per heavy atom. The maximum Gasteiger partial charge on any atom is 0.189 e. The van der Waals surface area contributed by atoms with Crippen molar-refractivity contribution in [1.29, 1.82) is 10.5 Å². The fourth-order valence-corrected chi connectivity index (χ4v) is 0.988. The second kappa shape index (κ2) is 4.64.